The minimum Gasteiger partial charge on any atom is -0.347 e. The Kier molecular flexibility index (Phi) is 3.71. The summed E-state index contributed by atoms with van der Waals surface area (Å²) in [5.41, 5.74) is 3.47. The molecule has 3 rings (SSSR count). The highest BCUT2D eigenvalue weighted by Crippen LogP contribution is 2.15. The van der Waals surface area contributed by atoms with E-state index in [0.717, 1.165) is 29.8 Å². The van der Waals surface area contributed by atoms with Crippen molar-refractivity contribution in [3.8, 4) is 0 Å². The molecule has 2 aromatic rings. The molecule has 0 aliphatic carbocycles. The minimum absolute atomic E-state index is 0.161. The first-order chi connectivity index (χ1) is 9.74. The Labute approximate surface area is 121 Å². The molecule has 0 fully saturated rings. The fourth-order valence-electron chi connectivity index (χ4n) is 2.33. The molecule has 20 heavy (non-hydrogen) atoms. The number of halogens is 1. The summed E-state index contributed by atoms with van der Waals surface area (Å²) in [5.74, 6) is -0.161. The number of benzene rings is 1. The Hall–Kier alpha value is -1.85. The van der Waals surface area contributed by atoms with E-state index in [1.165, 1.54) is 0 Å². The number of nitrogens with zero attached hydrogens (tertiary/aromatic N) is 1. The molecule has 1 amide bonds. The van der Waals surface area contributed by atoms with Gasteiger partial charge in [-0.05, 0) is 17.7 Å². The molecule has 1 aliphatic heterocycles. The molecule has 0 radical (unpaired) electrons. The molecule has 2 heterocycles. The number of hydrogen-bond donors (Lipinski definition) is 3. The molecule has 0 spiro atoms. The van der Waals surface area contributed by atoms with Crippen LogP contribution in [0.4, 0.5) is 0 Å². The molecular formula is C14H15ClN4O. The zero-order valence-corrected chi connectivity index (χ0v) is 11.6. The van der Waals surface area contributed by atoms with E-state index >= 15 is 0 Å². The number of nitrogens with one attached hydrogen (secondary N) is 3. The van der Waals surface area contributed by atoms with Crippen LogP contribution in [0.2, 0.25) is 5.02 Å². The van der Waals surface area contributed by atoms with Gasteiger partial charge in [0.1, 0.15) is 0 Å². The van der Waals surface area contributed by atoms with Gasteiger partial charge in [0.25, 0.3) is 5.91 Å². The normalized spacial score (nSPS) is 13.8. The molecule has 104 valence electrons. The predicted molar refractivity (Wildman–Crippen MR) is 76.6 cm³/mol. The predicted octanol–water partition coefficient (Wildman–Crippen LogP) is 1.64. The van der Waals surface area contributed by atoms with Crippen LogP contribution < -0.4 is 10.6 Å². The van der Waals surface area contributed by atoms with E-state index in [1.807, 2.05) is 24.3 Å². The molecule has 0 saturated heterocycles. The van der Waals surface area contributed by atoms with Crippen molar-refractivity contribution < 1.29 is 4.79 Å². The largest absolute Gasteiger partial charge is 0.347 e. The summed E-state index contributed by atoms with van der Waals surface area (Å²) in [5, 5.41) is 13.8. The molecule has 0 atom stereocenters. The van der Waals surface area contributed by atoms with Crippen LogP contribution in [-0.2, 0) is 19.5 Å². The molecule has 1 aromatic heterocycles. The van der Waals surface area contributed by atoms with E-state index in [2.05, 4.69) is 20.8 Å². The lowest BCUT2D eigenvalue weighted by Gasteiger charge is -2.12. The SMILES string of the molecule is O=C(NCc1cccc(Cl)c1)c1n[nH]c2c1CNCC2. The zero-order valence-electron chi connectivity index (χ0n) is 10.9. The first kappa shape index (κ1) is 13.1. The lowest BCUT2D eigenvalue weighted by atomic mass is 10.1. The number of H-pyrrole nitrogens is 1. The Balaban J connectivity index is 1.69. The van der Waals surface area contributed by atoms with E-state index in [9.17, 15) is 4.79 Å². The lowest BCUT2D eigenvalue weighted by molar-refractivity contribution is 0.0944. The maximum absolute atomic E-state index is 12.2. The van der Waals surface area contributed by atoms with Crippen LogP contribution in [0.1, 0.15) is 27.3 Å². The average molecular weight is 291 g/mol. The molecular weight excluding hydrogens is 276 g/mol. The summed E-state index contributed by atoms with van der Waals surface area (Å²) in [6, 6.07) is 7.43. The van der Waals surface area contributed by atoms with E-state index in [1.54, 1.807) is 0 Å². The Bertz CT molecular complexity index is 638. The molecule has 6 heteroatoms. The third-order valence-corrected chi connectivity index (χ3v) is 3.60. The molecule has 3 N–H and O–H groups in total. The van der Waals surface area contributed by atoms with Gasteiger partial charge in [0.15, 0.2) is 5.69 Å². The standard InChI is InChI=1S/C14H15ClN4O/c15-10-3-1-2-9(6-10)7-17-14(20)13-11-8-16-5-4-12(11)18-19-13/h1-3,6,16H,4-5,7-8H2,(H,17,20)(H,18,19). The third kappa shape index (κ3) is 2.69. The average Bonchev–Trinajstić information content (AvgIpc) is 2.89. The van der Waals surface area contributed by atoms with Gasteiger partial charge in [-0.1, -0.05) is 23.7 Å². The van der Waals surface area contributed by atoms with Gasteiger partial charge in [0, 0.05) is 42.3 Å². The summed E-state index contributed by atoms with van der Waals surface area (Å²) in [7, 11) is 0. The van der Waals surface area contributed by atoms with Gasteiger partial charge in [-0.2, -0.15) is 5.10 Å². The van der Waals surface area contributed by atoms with Gasteiger partial charge in [-0.15, -0.1) is 0 Å². The van der Waals surface area contributed by atoms with Crippen LogP contribution in [0.25, 0.3) is 0 Å². The van der Waals surface area contributed by atoms with Crippen molar-refractivity contribution in [3.63, 3.8) is 0 Å². The van der Waals surface area contributed by atoms with Gasteiger partial charge < -0.3 is 10.6 Å². The summed E-state index contributed by atoms with van der Waals surface area (Å²) < 4.78 is 0. The van der Waals surface area contributed by atoms with Crippen LogP contribution in [0.5, 0.6) is 0 Å². The quantitative estimate of drug-likeness (QED) is 0.805. The van der Waals surface area contributed by atoms with Crippen LogP contribution in [0.3, 0.4) is 0 Å². The maximum atomic E-state index is 12.2. The lowest BCUT2D eigenvalue weighted by Crippen LogP contribution is -2.28. The number of carbonyl (C=O) groups is 1. The topological polar surface area (TPSA) is 69.8 Å². The highest BCUT2D eigenvalue weighted by Gasteiger charge is 2.21. The Morgan fingerprint density at radius 2 is 2.35 bits per heavy atom. The van der Waals surface area contributed by atoms with Gasteiger partial charge >= 0.3 is 0 Å². The second-order valence-corrected chi connectivity index (χ2v) is 5.21. The second kappa shape index (κ2) is 5.64. The molecule has 1 aliphatic rings. The van der Waals surface area contributed by atoms with E-state index in [0.29, 0.717) is 23.8 Å². The van der Waals surface area contributed by atoms with Crippen molar-refractivity contribution in [2.75, 3.05) is 6.54 Å². The van der Waals surface area contributed by atoms with E-state index in [-0.39, 0.29) is 5.91 Å². The van der Waals surface area contributed by atoms with Gasteiger partial charge in [-0.3, -0.25) is 9.89 Å². The van der Waals surface area contributed by atoms with Crippen LogP contribution in [0.15, 0.2) is 24.3 Å². The second-order valence-electron chi connectivity index (χ2n) is 4.77. The van der Waals surface area contributed by atoms with Crippen LogP contribution >= 0.6 is 11.6 Å². The molecule has 0 bridgehead atoms. The van der Waals surface area contributed by atoms with Crippen LogP contribution in [-0.4, -0.2) is 22.6 Å². The third-order valence-electron chi connectivity index (χ3n) is 3.36. The van der Waals surface area contributed by atoms with Gasteiger partial charge in [-0.25, -0.2) is 0 Å². The van der Waals surface area contributed by atoms with Crippen molar-refractivity contribution in [3.05, 3.63) is 51.8 Å². The van der Waals surface area contributed by atoms with E-state index in [4.69, 9.17) is 11.6 Å². The molecule has 5 nitrogen and oxygen atoms in total. The summed E-state index contributed by atoms with van der Waals surface area (Å²) in [6.45, 7) is 2.04. The first-order valence-corrected chi connectivity index (χ1v) is 6.91. The van der Waals surface area contributed by atoms with Gasteiger partial charge in [0.2, 0.25) is 0 Å². The number of rotatable bonds is 3. The number of aromatic nitrogens is 2. The molecule has 0 unspecified atom stereocenters. The molecule has 0 saturated carbocycles. The fourth-order valence-corrected chi connectivity index (χ4v) is 2.54. The number of carbonyl (C=O) groups excluding carboxylic acids is 1. The highest BCUT2D eigenvalue weighted by molar-refractivity contribution is 6.30. The summed E-state index contributed by atoms with van der Waals surface area (Å²) >= 11 is 5.92. The van der Waals surface area contributed by atoms with Gasteiger partial charge in [0.05, 0.1) is 0 Å². The minimum atomic E-state index is -0.161. The number of aromatic amines is 1. The summed E-state index contributed by atoms with van der Waals surface area (Å²) in [6.07, 6.45) is 0.879. The van der Waals surface area contributed by atoms with Crippen molar-refractivity contribution in [1.82, 2.24) is 20.8 Å². The monoisotopic (exact) mass is 290 g/mol. The van der Waals surface area contributed by atoms with Crippen molar-refractivity contribution in [2.24, 2.45) is 0 Å². The molecule has 1 aromatic carbocycles. The number of fused-ring (bicyclic) bond motifs is 1. The number of amides is 1. The highest BCUT2D eigenvalue weighted by atomic mass is 35.5. The Morgan fingerprint density at radius 3 is 3.20 bits per heavy atom. The zero-order chi connectivity index (χ0) is 13.9. The van der Waals surface area contributed by atoms with Crippen molar-refractivity contribution in [1.29, 1.82) is 0 Å². The van der Waals surface area contributed by atoms with Crippen molar-refractivity contribution in [2.45, 2.75) is 19.5 Å². The van der Waals surface area contributed by atoms with E-state index < -0.39 is 0 Å². The summed E-state index contributed by atoms with van der Waals surface area (Å²) in [4.78, 5) is 12.2. The Morgan fingerprint density at radius 1 is 1.45 bits per heavy atom. The van der Waals surface area contributed by atoms with Crippen LogP contribution in [0, 0.1) is 0 Å². The van der Waals surface area contributed by atoms with Crippen molar-refractivity contribution >= 4 is 17.5 Å². The smallest absolute Gasteiger partial charge is 0.272 e. The first-order valence-electron chi connectivity index (χ1n) is 6.53. The number of hydrogen-bond acceptors (Lipinski definition) is 3. The maximum Gasteiger partial charge on any atom is 0.272 e. The fraction of sp³-hybridized carbons (Fsp3) is 0.286.